The summed E-state index contributed by atoms with van der Waals surface area (Å²) in [4.78, 5) is 14.1. The normalized spacial score (nSPS) is 15.4. The Morgan fingerprint density at radius 1 is 1.08 bits per heavy atom. The van der Waals surface area contributed by atoms with Crippen LogP contribution in [-0.4, -0.2) is 33.2 Å². The molecule has 1 unspecified atom stereocenters. The highest BCUT2D eigenvalue weighted by molar-refractivity contribution is 5.62. The minimum Gasteiger partial charge on any atom is -0.486 e. The van der Waals surface area contributed by atoms with Gasteiger partial charge in [-0.3, -0.25) is 0 Å². The number of fused-ring (bicyclic) bond motifs is 1. The van der Waals surface area contributed by atoms with Gasteiger partial charge in [-0.2, -0.15) is 18.2 Å². The number of nitrogens with zero attached hydrogens (tertiary/aromatic N) is 5. The molecule has 1 N–H and O–H groups in total. The number of anilines is 3. The lowest BCUT2D eigenvalue weighted by molar-refractivity contribution is -0.138. The summed E-state index contributed by atoms with van der Waals surface area (Å²) in [6.45, 7) is 1.68. The number of hydrogen-bond donors (Lipinski definition) is 1. The summed E-state index contributed by atoms with van der Waals surface area (Å²) in [6.07, 6.45) is -0.172. The number of aromatic nitrogens is 4. The van der Waals surface area contributed by atoms with Crippen LogP contribution in [0.1, 0.15) is 22.9 Å². The van der Waals surface area contributed by atoms with E-state index >= 15 is 0 Å². The average molecular weight is 502 g/mol. The smallest absolute Gasteiger partial charge is 0.416 e. The predicted octanol–water partition coefficient (Wildman–Crippen LogP) is 5.58. The van der Waals surface area contributed by atoms with E-state index in [0.717, 1.165) is 17.8 Å². The van der Waals surface area contributed by atoms with Crippen LogP contribution >= 0.6 is 0 Å². The third kappa shape index (κ3) is 4.41. The molecule has 0 fully saturated rings. The Hall–Kier alpha value is -4.22. The number of imidazole rings is 1. The van der Waals surface area contributed by atoms with E-state index in [1.807, 2.05) is 0 Å². The van der Waals surface area contributed by atoms with Crippen molar-refractivity contribution in [3.05, 3.63) is 83.6 Å². The summed E-state index contributed by atoms with van der Waals surface area (Å²) in [5, 5.41) is 2.90. The van der Waals surface area contributed by atoms with Crippen LogP contribution in [-0.2, 0) is 6.18 Å². The molecule has 12 heteroatoms. The Balaban J connectivity index is 1.42. The minimum absolute atomic E-state index is 0.0885. The third-order valence-corrected chi connectivity index (χ3v) is 5.81. The van der Waals surface area contributed by atoms with Gasteiger partial charge in [-0.1, -0.05) is 6.07 Å². The van der Waals surface area contributed by atoms with Gasteiger partial charge in [-0.15, -0.1) is 0 Å². The monoisotopic (exact) mass is 502 g/mol. The van der Waals surface area contributed by atoms with Crippen LogP contribution in [0.3, 0.4) is 0 Å². The molecule has 1 aliphatic rings. The van der Waals surface area contributed by atoms with E-state index in [1.54, 1.807) is 36.9 Å². The van der Waals surface area contributed by atoms with Gasteiger partial charge >= 0.3 is 6.18 Å². The van der Waals surface area contributed by atoms with Crippen molar-refractivity contribution in [1.82, 2.24) is 19.5 Å². The lowest BCUT2D eigenvalue weighted by atomic mass is 9.98. The predicted molar refractivity (Wildman–Crippen MR) is 122 cm³/mol. The van der Waals surface area contributed by atoms with Crippen LogP contribution in [0.4, 0.5) is 39.4 Å². The SMILES string of the molecule is Cc1cn(-c2ccc(Nc3ncc4c(n3)N(C)C(c3ccc(F)cc3C(F)(F)F)CO4)cc2F)cn1. The molecule has 1 atom stereocenters. The first-order valence-corrected chi connectivity index (χ1v) is 10.8. The molecule has 7 nitrogen and oxygen atoms in total. The maximum absolute atomic E-state index is 14.7. The van der Waals surface area contributed by atoms with Crippen molar-refractivity contribution in [2.75, 3.05) is 23.9 Å². The molecule has 0 saturated carbocycles. The fourth-order valence-corrected chi connectivity index (χ4v) is 4.04. The zero-order valence-electron chi connectivity index (χ0n) is 19.0. The molecule has 0 saturated heterocycles. The maximum atomic E-state index is 14.7. The number of nitrogens with one attached hydrogen (secondary N) is 1. The first kappa shape index (κ1) is 23.5. The molecule has 0 radical (unpaired) electrons. The molecule has 2 aromatic heterocycles. The van der Waals surface area contributed by atoms with Gasteiger partial charge in [0.25, 0.3) is 0 Å². The van der Waals surface area contributed by atoms with E-state index in [-0.39, 0.29) is 29.7 Å². The fraction of sp³-hybridized carbons (Fsp3) is 0.208. The zero-order chi connectivity index (χ0) is 25.6. The van der Waals surface area contributed by atoms with Crippen molar-refractivity contribution in [2.45, 2.75) is 19.1 Å². The van der Waals surface area contributed by atoms with Gasteiger partial charge in [-0.25, -0.2) is 18.7 Å². The van der Waals surface area contributed by atoms with Crippen LogP contribution in [0.25, 0.3) is 5.69 Å². The van der Waals surface area contributed by atoms with E-state index < -0.39 is 29.4 Å². The standard InChI is InChI=1S/C24H19F5N6O/c1-13-10-35(12-31-13)19-6-4-15(8-18(19)26)32-23-30-9-21-22(33-23)34(2)20(11-36-21)16-5-3-14(25)7-17(16)24(27,28)29/h3-10,12,20H,11H2,1-2H3,(H,30,32,33). The largest absolute Gasteiger partial charge is 0.486 e. The van der Waals surface area contributed by atoms with Crippen molar-refractivity contribution in [2.24, 2.45) is 0 Å². The van der Waals surface area contributed by atoms with E-state index in [4.69, 9.17) is 4.74 Å². The molecular formula is C24H19F5N6O. The second-order valence-corrected chi connectivity index (χ2v) is 8.26. The summed E-state index contributed by atoms with van der Waals surface area (Å²) in [5.74, 6) is -0.905. The first-order valence-electron chi connectivity index (χ1n) is 10.8. The highest BCUT2D eigenvalue weighted by Crippen LogP contribution is 2.42. The van der Waals surface area contributed by atoms with E-state index in [9.17, 15) is 22.0 Å². The molecule has 5 rings (SSSR count). The fourth-order valence-electron chi connectivity index (χ4n) is 4.04. The third-order valence-electron chi connectivity index (χ3n) is 5.81. The molecule has 0 spiro atoms. The van der Waals surface area contributed by atoms with Crippen molar-refractivity contribution >= 4 is 17.5 Å². The van der Waals surface area contributed by atoms with Gasteiger partial charge in [0, 0.05) is 18.9 Å². The molecular weight excluding hydrogens is 483 g/mol. The Kier molecular flexibility index (Phi) is 5.73. The number of alkyl halides is 3. The molecule has 0 bridgehead atoms. The minimum atomic E-state index is -4.75. The van der Waals surface area contributed by atoms with Crippen LogP contribution in [0.5, 0.6) is 5.75 Å². The molecule has 4 aromatic rings. The van der Waals surface area contributed by atoms with E-state index in [2.05, 4.69) is 20.3 Å². The number of hydrogen-bond acceptors (Lipinski definition) is 6. The van der Waals surface area contributed by atoms with Crippen LogP contribution in [0.15, 0.2) is 55.1 Å². The second-order valence-electron chi connectivity index (χ2n) is 8.26. The van der Waals surface area contributed by atoms with Gasteiger partial charge in [0.2, 0.25) is 5.95 Å². The highest BCUT2D eigenvalue weighted by Gasteiger charge is 2.38. The second kappa shape index (κ2) is 8.77. The average Bonchev–Trinajstić information content (AvgIpc) is 3.25. The quantitative estimate of drug-likeness (QED) is 0.368. The molecule has 186 valence electrons. The molecule has 36 heavy (non-hydrogen) atoms. The summed E-state index contributed by atoms with van der Waals surface area (Å²) >= 11 is 0. The molecule has 1 aliphatic heterocycles. The summed E-state index contributed by atoms with van der Waals surface area (Å²) < 4.78 is 76.2. The Morgan fingerprint density at radius 2 is 1.89 bits per heavy atom. The first-order chi connectivity index (χ1) is 17.1. The highest BCUT2D eigenvalue weighted by atomic mass is 19.4. The zero-order valence-corrected chi connectivity index (χ0v) is 19.0. The van der Waals surface area contributed by atoms with Gasteiger partial charge in [0.15, 0.2) is 11.6 Å². The summed E-state index contributed by atoms with van der Waals surface area (Å²) in [7, 11) is 1.56. The van der Waals surface area contributed by atoms with Crippen molar-refractivity contribution in [3.63, 3.8) is 0 Å². The van der Waals surface area contributed by atoms with Gasteiger partial charge in [0.05, 0.1) is 35.5 Å². The van der Waals surface area contributed by atoms with Crippen LogP contribution in [0.2, 0.25) is 0 Å². The number of benzene rings is 2. The van der Waals surface area contributed by atoms with Gasteiger partial charge in [-0.05, 0) is 42.8 Å². The maximum Gasteiger partial charge on any atom is 0.416 e. The molecule has 3 heterocycles. The number of aryl methyl sites for hydroxylation is 1. The lowest BCUT2D eigenvalue weighted by Crippen LogP contribution is -2.35. The topological polar surface area (TPSA) is 68.1 Å². The number of ether oxygens (including phenoxy) is 1. The van der Waals surface area contributed by atoms with Crippen molar-refractivity contribution < 1.29 is 26.7 Å². The van der Waals surface area contributed by atoms with Gasteiger partial charge in [0.1, 0.15) is 18.2 Å². The van der Waals surface area contributed by atoms with E-state index in [1.165, 1.54) is 23.5 Å². The number of rotatable bonds is 4. The van der Waals surface area contributed by atoms with Gasteiger partial charge < -0.3 is 19.5 Å². The Bertz CT molecular complexity index is 1440. The Labute approximate surface area is 202 Å². The van der Waals surface area contributed by atoms with E-state index in [0.29, 0.717) is 17.4 Å². The lowest BCUT2D eigenvalue weighted by Gasteiger charge is -2.36. The number of likely N-dealkylation sites (N-methyl/N-ethyl adjacent to an activating group) is 1. The Morgan fingerprint density at radius 3 is 2.58 bits per heavy atom. The molecule has 0 aliphatic carbocycles. The van der Waals surface area contributed by atoms with Crippen LogP contribution < -0.4 is 15.0 Å². The summed E-state index contributed by atoms with van der Waals surface area (Å²) in [5.41, 5.74) is 0.192. The summed E-state index contributed by atoms with van der Waals surface area (Å²) in [6, 6.07) is 6.13. The van der Waals surface area contributed by atoms with Crippen LogP contribution in [0, 0.1) is 18.6 Å². The van der Waals surface area contributed by atoms with Crippen molar-refractivity contribution in [3.8, 4) is 11.4 Å². The van der Waals surface area contributed by atoms with Crippen molar-refractivity contribution in [1.29, 1.82) is 0 Å². The number of halogens is 5. The molecule has 2 aromatic carbocycles. The molecule has 0 amide bonds.